The van der Waals surface area contributed by atoms with Crippen LogP contribution in [0.3, 0.4) is 0 Å². The van der Waals surface area contributed by atoms with E-state index in [4.69, 9.17) is 10.00 Å². The molecule has 0 radical (unpaired) electrons. The Bertz CT molecular complexity index is 344. The Morgan fingerprint density at radius 2 is 2.20 bits per heavy atom. The van der Waals surface area contributed by atoms with Crippen molar-refractivity contribution in [1.29, 1.82) is 5.26 Å². The first-order valence-corrected chi connectivity index (χ1v) is 4.98. The van der Waals surface area contributed by atoms with E-state index in [1.165, 1.54) is 0 Å². The van der Waals surface area contributed by atoms with Gasteiger partial charge >= 0.3 is 0 Å². The Kier molecular flexibility index (Phi) is 4.82. The van der Waals surface area contributed by atoms with E-state index in [1.807, 2.05) is 24.3 Å². The molecular weight excluding hydrogens is 188 g/mol. The van der Waals surface area contributed by atoms with Crippen LogP contribution < -0.4 is 5.32 Å². The van der Waals surface area contributed by atoms with Crippen molar-refractivity contribution in [3.05, 3.63) is 35.4 Å². The molecule has 1 N–H and O–H groups in total. The van der Waals surface area contributed by atoms with E-state index in [0.717, 1.165) is 11.1 Å². The molecule has 1 aromatic rings. The van der Waals surface area contributed by atoms with Gasteiger partial charge in [0.1, 0.15) is 0 Å². The van der Waals surface area contributed by atoms with Crippen molar-refractivity contribution in [1.82, 2.24) is 5.32 Å². The average molecular weight is 204 g/mol. The van der Waals surface area contributed by atoms with Gasteiger partial charge in [0.2, 0.25) is 0 Å². The zero-order chi connectivity index (χ0) is 11.1. The lowest BCUT2D eigenvalue weighted by atomic mass is 10.1. The summed E-state index contributed by atoms with van der Waals surface area (Å²) in [5.74, 6) is 0. The second-order valence-corrected chi connectivity index (χ2v) is 3.51. The van der Waals surface area contributed by atoms with Crippen molar-refractivity contribution in [2.24, 2.45) is 0 Å². The highest BCUT2D eigenvalue weighted by Crippen LogP contribution is 2.06. The Morgan fingerprint density at radius 3 is 2.87 bits per heavy atom. The van der Waals surface area contributed by atoms with E-state index >= 15 is 0 Å². The van der Waals surface area contributed by atoms with Gasteiger partial charge in [0, 0.05) is 19.7 Å². The lowest BCUT2D eigenvalue weighted by Crippen LogP contribution is -2.29. The van der Waals surface area contributed by atoms with Gasteiger partial charge in [0.15, 0.2) is 0 Å². The number of rotatable bonds is 5. The lowest BCUT2D eigenvalue weighted by Gasteiger charge is -2.13. The molecule has 0 fully saturated rings. The quantitative estimate of drug-likeness (QED) is 0.793. The summed E-state index contributed by atoms with van der Waals surface area (Å²) in [4.78, 5) is 0. The van der Waals surface area contributed by atoms with Crippen molar-refractivity contribution >= 4 is 0 Å². The summed E-state index contributed by atoms with van der Waals surface area (Å²) < 4.78 is 5.02. The van der Waals surface area contributed by atoms with Crippen LogP contribution in [0.15, 0.2) is 24.3 Å². The van der Waals surface area contributed by atoms with Crippen LogP contribution in [0, 0.1) is 11.3 Å². The summed E-state index contributed by atoms with van der Waals surface area (Å²) >= 11 is 0. The Morgan fingerprint density at radius 1 is 1.47 bits per heavy atom. The van der Waals surface area contributed by atoms with E-state index < -0.39 is 0 Å². The van der Waals surface area contributed by atoms with Crippen molar-refractivity contribution < 1.29 is 4.74 Å². The van der Waals surface area contributed by atoms with Gasteiger partial charge in [-0.1, -0.05) is 18.2 Å². The number of hydrogen-bond donors (Lipinski definition) is 1. The predicted molar refractivity (Wildman–Crippen MR) is 59.3 cm³/mol. The number of benzene rings is 1. The summed E-state index contributed by atoms with van der Waals surface area (Å²) in [6.45, 7) is 3.43. The maximum atomic E-state index is 8.88. The van der Waals surface area contributed by atoms with Crippen LogP contribution in [0.2, 0.25) is 0 Å². The summed E-state index contributed by atoms with van der Waals surface area (Å²) in [5.41, 5.74) is 1.76. The topological polar surface area (TPSA) is 45.0 Å². The molecule has 0 aliphatic rings. The molecule has 15 heavy (non-hydrogen) atoms. The van der Waals surface area contributed by atoms with Gasteiger partial charge < -0.3 is 10.1 Å². The lowest BCUT2D eigenvalue weighted by molar-refractivity contribution is 0.171. The van der Waals surface area contributed by atoms with Crippen LogP contribution in [0.1, 0.15) is 18.1 Å². The average Bonchev–Trinajstić information content (AvgIpc) is 2.27. The van der Waals surface area contributed by atoms with Gasteiger partial charge in [-0.2, -0.15) is 5.26 Å². The molecule has 0 aliphatic carbocycles. The van der Waals surface area contributed by atoms with E-state index in [-0.39, 0.29) is 0 Å². The van der Waals surface area contributed by atoms with Gasteiger partial charge in [-0.3, -0.25) is 0 Å². The third-order valence-electron chi connectivity index (χ3n) is 2.20. The Labute approximate surface area is 90.7 Å². The summed E-state index contributed by atoms with van der Waals surface area (Å²) in [7, 11) is 1.68. The molecule has 0 aromatic heterocycles. The molecule has 1 atom stereocenters. The smallest absolute Gasteiger partial charge is 0.0995 e. The first-order valence-electron chi connectivity index (χ1n) is 4.98. The molecule has 0 spiro atoms. The first kappa shape index (κ1) is 11.7. The second kappa shape index (κ2) is 6.18. The fourth-order valence-corrected chi connectivity index (χ4v) is 1.38. The van der Waals surface area contributed by atoms with Crippen LogP contribution in [0.4, 0.5) is 0 Å². The zero-order valence-corrected chi connectivity index (χ0v) is 9.16. The predicted octanol–water partition coefficient (Wildman–Crippen LogP) is 1.68. The van der Waals surface area contributed by atoms with E-state index in [1.54, 1.807) is 7.11 Å². The van der Waals surface area contributed by atoms with Gasteiger partial charge in [-0.25, -0.2) is 0 Å². The fourth-order valence-electron chi connectivity index (χ4n) is 1.38. The minimum Gasteiger partial charge on any atom is -0.383 e. The third-order valence-corrected chi connectivity index (χ3v) is 2.20. The second-order valence-electron chi connectivity index (χ2n) is 3.51. The van der Waals surface area contributed by atoms with Crippen LogP contribution in [0.5, 0.6) is 0 Å². The zero-order valence-electron chi connectivity index (χ0n) is 9.16. The van der Waals surface area contributed by atoms with E-state index in [9.17, 15) is 0 Å². The number of hydrogen-bond acceptors (Lipinski definition) is 3. The van der Waals surface area contributed by atoms with Crippen LogP contribution in [0.25, 0.3) is 0 Å². The van der Waals surface area contributed by atoms with Crippen LogP contribution in [-0.4, -0.2) is 19.8 Å². The van der Waals surface area contributed by atoms with Crippen LogP contribution in [-0.2, 0) is 11.3 Å². The highest BCUT2D eigenvalue weighted by atomic mass is 16.5. The summed E-state index contributed by atoms with van der Waals surface area (Å²) in [5, 5.41) is 12.2. The minimum atomic E-state index is 0.293. The van der Waals surface area contributed by atoms with Gasteiger partial charge in [-0.05, 0) is 18.6 Å². The molecule has 0 saturated carbocycles. The molecule has 0 saturated heterocycles. The number of nitrogens with zero attached hydrogens (tertiary/aromatic N) is 1. The fraction of sp³-hybridized carbons (Fsp3) is 0.417. The van der Waals surface area contributed by atoms with E-state index in [2.05, 4.69) is 18.3 Å². The molecule has 1 aromatic carbocycles. The molecule has 80 valence electrons. The molecule has 1 unspecified atom stereocenters. The van der Waals surface area contributed by atoms with Crippen molar-refractivity contribution in [3.8, 4) is 6.07 Å². The third kappa shape index (κ3) is 3.70. The highest BCUT2D eigenvalue weighted by Gasteiger charge is 2.03. The normalized spacial score (nSPS) is 12.1. The van der Waals surface area contributed by atoms with Gasteiger partial charge in [0.05, 0.1) is 18.2 Å². The summed E-state index contributed by atoms with van der Waals surface area (Å²) in [6.07, 6.45) is 0. The molecule has 0 amide bonds. The molecule has 0 bridgehead atoms. The summed E-state index contributed by atoms with van der Waals surface area (Å²) in [6, 6.07) is 10.1. The number of nitriles is 1. The van der Waals surface area contributed by atoms with Crippen molar-refractivity contribution in [2.75, 3.05) is 13.7 Å². The molecule has 3 nitrogen and oxygen atoms in total. The monoisotopic (exact) mass is 204 g/mol. The van der Waals surface area contributed by atoms with Crippen molar-refractivity contribution in [2.45, 2.75) is 19.5 Å². The SMILES string of the molecule is COCC(C)NCc1ccccc1C#N. The minimum absolute atomic E-state index is 0.293. The van der Waals surface area contributed by atoms with Gasteiger partial charge in [-0.15, -0.1) is 0 Å². The molecule has 3 heteroatoms. The van der Waals surface area contributed by atoms with Gasteiger partial charge in [0.25, 0.3) is 0 Å². The number of methoxy groups -OCH3 is 1. The molecule has 0 heterocycles. The highest BCUT2D eigenvalue weighted by molar-refractivity contribution is 5.37. The molecule has 0 aliphatic heterocycles. The van der Waals surface area contributed by atoms with E-state index in [0.29, 0.717) is 19.2 Å². The maximum Gasteiger partial charge on any atom is 0.0995 e. The largest absolute Gasteiger partial charge is 0.383 e. The maximum absolute atomic E-state index is 8.88. The molecule has 1 rings (SSSR count). The Balaban J connectivity index is 2.54. The molecular formula is C12H16N2O. The number of nitrogens with one attached hydrogen (secondary N) is 1. The number of ether oxygens (including phenoxy) is 1. The first-order chi connectivity index (χ1) is 7.27. The standard InChI is InChI=1S/C12H16N2O/c1-10(9-15-2)14-8-12-6-4-3-5-11(12)7-13/h3-6,10,14H,8-9H2,1-2H3. The Hall–Kier alpha value is -1.37. The van der Waals surface area contributed by atoms with Crippen LogP contribution >= 0.6 is 0 Å². The van der Waals surface area contributed by atoms with Crippen molar-refractivity contribution in [3.63, 3.8) is 0 Å².